The van der Waals surface area contributed by atoms with Gasteiger partial charge in [-0.3, -0.25) is 13.9 Å². The number of halogens is 2. The molecule has 1 unspecified atom stereocenters. The fourth-order valence-electron chi connectivity index (χ4n) is 5.74. The second-order valence-corrected chi connectivity index (χ2v) is 13.8. The molecule has 0 heterocycles. The van der Waals surface area contributed by atoms with Crippen molar-refractivity contribution < 1.29 is 22.4 Å². The zero-order valence-electron chi connectivity index (χ0n) is 25.4. The Bertz CT molecular complexity index is 1700. The molecule has 0 saturated heterocycles. The lowest BCUT2D eigenvalue weighted by atomic mass is 9.94. The van der Waals surface area contributed by atoms with Gasteiger partial charge in [0, 0.05) is 24.0 Å². The standard InChI is InChI=1S/C36H37ClFN3O4S/c37-29-18-16-28(17-19-29)25-40(34(24-27-10-4-1-5-11-27)36(43)39-31-12-6-2-7-13-31)35(42)26-41(32-22-20-30(38)21-23-32)46(44,45)33-14-8-3-9-15-33/h1,3-5,8-11,14-23,31,34H,2,6-7,12-13,24-26H2,(H,39,43). The fourth-order valence-corrected chi connectivity index (χ4v) is 7.30. The Kier molecular flexibility index (Phi) is 11.1. The van der Waals surface area contributed by atoms with Crippen LogP contribution in [0.25, 0.3) is 0 Å². The van der Waals surface area contributed by atoms with Gasteiger partial charge in [0.25, 0.3) is 10.0 Å². The Morgan fingerprint density at radius 3 is 2.04 bits per heavy atom. The lowest BCUT2D eigenvalue weighted by Gasteiger charge is -2.35. The van der Waals surface area contributed by atoms with Crippen LogP contribution in [-0.2, 0) is 32.6 Å². The summed E-state index contributed by atoms with van der Waals surface area (Å²) >= 11 is 6.15. The predicted octanol–water partition coefficient (Wildman–Crippen LogP) is 6.76. The second kappa shape index (κ2) is 15.4. The molecule has 0 spiro atoms. The Hall–Kier alpha value is -4.21. The minimum atomic E-state index is -4.26. The zero-order valence-corrected chi connectivity index (χ0v) is 27.0. The summed E-state index contributed by atoms with van der Waals surface area (Å²) in [6.45, 7) is -0.577. The molecule has 1 N–H and O–H groups in total. The van der Waals surface area contributed by atoms with Gasteiger partial charge in [0.15, 0.2) is 0 Å². The highest BCUT2D eigenvalue weighted by atomic mass is 35.5. The van der Waals surface area contributed by atoms with Crippen molar-refractivity contribution >= 4 is 39.1 Å². The SMILES string of the molecule is O=C(NC1CCCCC1)C(Cc1ccccc1)N(Cc1ccc(Cl)cc1)C(=O)CN(c1ccc(F)cc1)S(=O)(=O)c1ccccc1. The first-order valence-corrected chi connectivity index (χ1v) is 17.2. The number of rotatable bonds is 12. The highest BCUT2D eigenvalue weighted by Crippen LogP contribution is 2.26. The van der Waals surface area contributed by atoms with E-state index in [1.807, 2.05) is 30.3 Å². The third kappa shape index (κ3) is 8.53. The van der Waals surface area contributed by atoms with Crippen LogP contribution in [0.2, 0.25) is 5.02 Å². The van der Waals surface area contributed by atoms with Gasteiger partial charge >= 0.3 is 0 Å². The Morgan fingerprint density at radius 2 is 1.41 bits per heavy atom. The number of carbonyl (C=O) groups is 2. The first-order chi connectivity index (χ1) is 22.2. The number of nitrogens with zero attached hydrogens (tertiary/aromatic N) is 2. The van der Waals surface area contributed by atoms with E-state index in [1.165, 1.54) is 29.2 Å². The van der Waals surface area contributed by atoms with Crippen molar-refractivity contribution in [2.45, 2.75) is 62.0 Å². The molecule has 0 radical (unpaired) electrons. The maximum atomic E-state index is 14.5. The van der Waals surface area contributed by atoms with Crippen molar-refractivity contribution in [3.05, 3.63) is 131 Å². The quantitative estimate of drug-likeness (QED) is 0.182. The highest BCUT2D eigenvalue weighted by molar-refractivity contribution is 7.92. The Balaban J connectivity index is 1.55. The van der Waals surface area contributed by atoms with Crippen molar-refractivity contribution in [3.8, 4) is 0 Å². The molecule has 0 aliphatic heterocycles. The van der Waals surface area contributed by atoms with Gasteiger partial charge < -0.3 is 10.2 Å². The van der Waals surface area contributed by atoms with Crippen LogP contribution < -0.4 is 9.62 Å². The fraction of sp³-hybridized carbons (Fsp3) is 0.278. The number of nitrogens with one attached hydrogen (secondary N) is 1. The smallest absolute Gasteiger partial charge is 0.264 e. The first-order valence-electron chi connectivity index (χ1n) is 15.4. The minimum Gasteiger partial charge on any atom is -0.352 e. The normalized spacial score (nSPS) is 14.3. The van der Waals surface area contributed by atoms with Crippen molar-refractivity contribution in [3.63, 3.8) is 0 Å². The maximum Gasteiger partial charge on any atom is 0.264 e. The molecule has 1 atom stereocenters. The van der Waals surface area contributed by atoms with Gasteiger partial charge in [-0.05, 0) is 72.5 Å². The van der Waals surface area contributed by atoms with E-state index in [9.17, 15) is 22.4 Å². The summed E-state index contributed by atoms with van der Waals surface area (Å²) in [5.41, 5.74) is 1.70. The number of amides is 2. The number of carbonyl (C=O) groups excluding carboxylic acids is 2. The summed E-state index contributed by atoms with van der Waals surface area (Å²) in [7, 11) is -4.26. The van der Waals surface area contributed by atoms with E-state index in [1.54, 1.807) is 42.5 Å². The van der Waals surface area contributed by atoms with Crippen molar-refractivity contribution in [1.82, 2.24) is 10.2 Å². The van der Waals surface area contributed by atoms with E-state index < -0.39 is 34.3 Å². The molecule has 1 saturated carbocycles. The van der Waals surface area contributed by atoms with Crippen LogP contribution in [0.4, 0.5) is 10.1 Å². The van der Waals surface area contributed by atoms with Crippen LogP contribution in [0, 0.1) is 5.82 Å². The monoisotopic (exact) mass is 661 g/mol. The molecule has 4 aromatic carbocycles. The number of anilines is 1. The van der Waals surface area contributed by atoms with Crippen LogP contribution in [0.3, 0.4) is 0 Å². The number of hydrogen-bond donors (Lipinski definition) is 1. The van der Waals surface area contributed by atoms with Crippen LogP contribution in [-0.4, -0.2) is 43.8 Å². The second-order valence-electron chi connectivity index (χ2n) is 11.5. The summed E-state index contributed by atoms with van der Waals surface area (Å²) in [4.78, 5) is 30.1. The van der Waals surface area contributed by atoms with Gasteiger partial charge in [0.2, 0.25) is 11.8 Å². The molecule has 1 aliphatic rings. The molecular formula is C36H37ClFN3O4S. The molecule has 0 bridgehead atoms. The third-order valence-electron chi connectivity index (χ3n) is 8.21. The predicted molar refractivity (Wildman–Crippen MR) is 178 cm³/mol. The third-order valence-corrected chi connectivity index (χ3v) is 10.3. The van der Waals surface area contributed by atoms with Gasteiger partial charge in [0.05, 0.1) is 10.6 Å². The lowest BCUT2D eigenvalue weighted by Crippen LogP contribution is -2.55. The lowest BCUT2D eigenvalue weighted by molar-refractivity contribution is -0.140. The van der Waals surface area contributed by atoms with Crippen LogP contribution in [0.1, 0.15) is 43.2 Å². The van der Waals surface area contributed by atoms with E-state index in [4.69, 9.17) is 11.6 Å². The van der Waals surface area contributed by atoms with Gasteiger partial charge in [-0.2, -0.15) is 0 Å². The van der Waals surface area contributed by atoms with Crippen molar-refractivity contribution in [2.75, 3.05) is 10.8 Å². The molecule has 46 heavy (non-hydrogen) atoms. The number of sulfonamides is 1. The minimum absolute atomic E-state index is 0.00109. The zero-order chi connectivity index (χ0) is 32.5. The first kappa shape index (κ1) is 33.2. The van der Waals surface area contributed by atoms with Gasteiger partial charge in [0.1, 0.15) is 18.4 Å². The number of hydrogen-bond acceptors (Lipinski definition) is 4. The van der Waals surface area contributed by atoms with Crippen molar-refractivity contribution in [1.29, 1.82) is 0 Å². The molecule has 5 rings (SSSR count). The molecule has 7 nitrogen and oxygen atoms in total. The maximum absolute atomic E-state index is 14.5. The molecule has 0 aromatic heterocycles. The molecule has 240 valence electrons. The Labute approximate surface area is 275 Å². The molecule has 4 aromatic rings. The van der Waals surface area contributed by atoms with Gasteiger partial charge in [-0.15, -0.1) is 0 Å². The molecular weight excluding hydrogens is 625 g/mol. The van der Waals surface area contributed by atoms with E-state index >= 15 is 0 Å². The largest absolute Gasteiger partial charge is 0.352 e. The highest BCUT2D eigenvalue weighted by Gasteiger charge is 2.35. The average molecular weight is 662 g/mol. The summed E-state index contributed by atoms with van der Waals surface area (Å²) < 4.78 is 42.9. The molecule has 2 amide bonds. The van der Waals surface area contributed by atoms with Crippen molar-refractivity contribution in [2.24, 2.45) is 0 Å². The topological polar surface area (TPSA) is 86.8 Å². The van der Waals surface area contributed by atoms with E-state index in [2.05, 4.69) is 5.32 Å². The summed E-state index contributed by atoms with van der Waals surface area (Å²) in [5.74, 6) is -1.42. The van der Waals surface area contributed by atoms with E-state index in [-0.39, 0.29) is 35.5 Å². The average Bonchev–Trinajstić information content (AvgIpc) is 3.07. The molecule has 10 heteroatoms. The number of benzene rings is 4. The van der Waals surface area contributed by atoms with Gasteiger partial charge in [-0.25, -0.2) is 12.8 Å². The van der Waals surface area contributed by atoms with Crippen LogP contribution in [0.5, 0.6) is 0 Å². The summed E-state index contributed by atoms with van der Waals surface area (Å²) in [6, 6.07) is 28.2. The summed E-state index contributed by atoms with van der Waals surface area (Å²) in [5, 5.41) is 3.71. The van der Waals surface area contributed by atoms with Crippen LogP contribution in [0.15, 0.2) is 114 Å². The van der Waals surface area contributed by atoms with Gasteiger partial charge in [-0.1, -0.05) is 91.5 Å². The Morgan fingerprint density at radius 1 is 0.804 bits per heavy atom. The van der Waals surface area contributed by atoms with Crippen LogP contribution >= 0.6 is 11.6 Å². The van der Waals surface area contributed by atoms with E-state index in [0.29, 0.717) is 5.02 Å². The summed E-state index contributed by atoms with van der Waals surface area (Å²) in [6.07, 6.45) is 5.11. The molecule has 1 fully saturated rings. The van der Waals surface area contributed by atoms with E-state index in [0.717, 1.165) is 59.7 Å². The molecule has 1 aliphatic carbocycles.